The van der Waals surface area contributed by atoms with Gasteiger partial charge in [-0.3, -0.25) is 37.0 Å². The molecule has 2 aliphatic heterocycles. The summed E-state index contributed by atoms with van der Waals surface area (Å²) in [4.78, 5) is 48.4. The number of phosphoric acid groups is 1. The maximum absolute atomic E-state index is 14.9. The molecule has 4 aliphatic rings. The van der Waals surface area contributed by atoms with Crippen molar-refractivity contribution in [3.8, 4) is 0 Å². The van der Waals surface area contributed by atoms with Gasteiger partial charge < -0.3 is 40.1 Å². The van der Waals surface area contributed by atoms with Crippen LogP contribution in [-0.4, -0.2) is 120 Å². The molecule has 8 rings (SSSR count). The molecular formula is C30H40N10O14P2S. The number of methoxy groups -OCH3 is 1. The number of ether oxygens (including phenoxy) is 4. The maximum Gasteiger partial charge on any atom is 0.509 e. The van der Waals surface area contributed by atoms with Gasteiger partial charge in [-0.15, -0.1) is 0 Å². The van der Waals surface area contributed by atoms with E-state index in [1.54, 1.807) is 25.3 Å². The van der Waals surface area contributed by atoms with Gasteiger partial charge in [-0.1, -0.05) is 0 Å². The zero-order valence-electron chi connectivity index (χ0n) is 30.8. The van der Waals surface area contributed by atoms with E-state index in [2.05, 4.69) is 29.9 Å². The lowest BCUT2D eigenvalue weighted by molar-refractivity contribution is -0.0612. The highest BCUT2D eigenvalue weighted by atomic mass is 32.7. The van der Waals surface area contributed by atoms with Crippen molar-refractivity contribution in [1.82, 2.24) is 39.0 Å². The van der Waals surface area contributed by atoms with Crippen molar-refractivity contribution in [2.24, 2.45) is 11.3 Å². The van der Waals surface area contributed by atoms with E-state index in [1.165, 1.54) is 30.7 Å². The largest absolute Gasteiger partial charge is 0.509 e. The molecule has 4 aromatic heterocycles. The second-order valence-electron chi connectivity index (χ2n) is 13.9. The van der Waals surface area contributed by atoms with Crippen molar-refractivity contribution in [3.05, 3.63) is 29.3 Å². The highest BCUT2D eigenvalue weighted by Gasteiger charge is 2.74. The molecule has 0 radical (unpaired) electrons. The van der Waals surface area contributed by atoms with Gasteiger partial charge in [-0.05, 0) is 33.1 Å². The Bertz CT molecular complexity index is 2330. The second kappa shape index (κ2) is 15.1. The van der Waals surface area contributed by atoms with Crippen molar-refractivity contribution < 1.29 is 60.6 Å². The molecule has 2 aliphatic carbocycles. The van der Waals surface area contributed by atoms with E-state index in [-0.39, 0.29) is 36.1 Å². The third kappa shape index (κ3) is 7.22. The van der Waals surface area contributed by atoms with Crippen LogP contribution in [0.1, 0.15) is 39.5 Å². The molecule has 57 heavy (non-hydrogen) atoms. The van der Waals surface area contributed by atoms with Crippen LogP contribution in [0.3, 0.4) is 0 Å². The molecule has 4 aromatic rings. The van der Waals surface area contributed by atoms with Crippen molar-refractivity contribution in [2.45, 2.75) is 76.1 Å². The van der Waals surface area contributed by atoms with Gasteiger partial charge in [0.1, 0.15) is 42.4 Å². The monoisotopic (exact) mass is 858 g/mol. The summed E-state index contributed by atoms with van der Waals surface area (Å²) in [5, 5.41) is 12.1. The minimum absolute atomic E-state index is 0.00197. The number of nitrogens with one attached hydrogen (secondary N) is 1. The minimum atomic E-state index is -4.56. The van der Waals surface area contributed by atoms with Crippen LogP contribution in [0.15, 0.2) is 23.8 Å². The van der Waals surface area contributed by atoms with E-state index in [1.807, 2.05) is 0 Å². The fourth-order valence-corrected chi connectivity index (χ4v) is 12.0. The molecule has 6 N–H and O–H groups in total. The average molecular weight is 859 g/mol. The standard InChI is InChI=1S/C30H40N10O14P2S/c1-5-48-55(44)50-8-30-6-14(30)18(39-10-35-16-23(31)33-9-34-24(16)39)19(41)22(30)54-56(45,57-12-47-29(43)51-13(2)3)49-7-15-20(46-4)21(53-55)27(52-15)40-11-36-17-25(40)37-28(32)38-26(17)42/h9-11,13-15,18-22,27,41H,5-8,12H2,1-4H3,(H2,31,33,34)(H3,32,37,38,42)/t14-,15-,18-,19+,20-,21-,22+,27-,30?,55+,56-/m1/s1. The number of hydrogen-bond acceptors (Lipinski definition) is 22. The van der Waals surface area contributed by atoms with Crippen LogP contribution in [0.5, 0.6) is 0 Å². The SMILES string of the molecule is CCO[P@@]1(=O)OCC23C[C@@H]2[C@@H](n2cnc4c(N)ncnc42)[C@H](O)[C@@H]3O[P@](=O)(SCOC(=O)OC(C)C)OC[C@H]2O[C@@H](n3cnc4c(=O)[nH]c(N)nc43)[C@H](O1)[C@@H]2OC. The number of phosphoric ester groups is 1. The third-order valence-corrected chi connectivity index (χ3v) is 15.0. The Morgan fingerprint density at radius 1 is 1.12 bits per heavy atom. The molecule has 24 nitrogen and oxygen atoms in total. The molecule has 27 heteroatoms. The summed E-state index contributed by atoms with van der Waals surface area (Å²) in [6.45, 7) is -0.635. The number of imidazole rings is 2. The van der Waals surface area contributed by atoms with Crippen LogP contribution >= 0.6 is 26.0 Å². The van der Waals surface area contributed by atoms with Crippen LogP contribution in [-0.2, 0) is 50.7 Å². The number of rotatable bonds is 9. The fraction of sp³-hybridized carbons (Fsp3) is 0.633. The average Bonchev–Trinajstić information content (AvgIpc) is 3.44. The molecule has 2 saturated carbocycles. The predicted octanol–water partition coefficient (Wildman–Crippen LogP) is 2.28. The van der Waals surface area contributed by atoms with Crippen LogP contribution in [0.2, 0.25) is 0 Å². The molecule has 11 atom stereocenters. The second-order valence-corrected chi connectivity index (χ2v) is 19.5. The predicted molar refractivity (Wildman–Crippen MR) is 196 cm³/mol. The smallest absolute Gasteiger partial charge is 0.432 e. The molecular weight excluding hydrogens is 818 g/mol. The van der Waals surface area contributed by atoms with Gasteiger partial charge in [-0.25, -0.2) is 33.9 Å². The van der Waals surface area contributed by atoms with Gasteiger partial charge >= 0.3 is 20.8 Å². The molecule has 0 amide bonds. The van der Waals surface area contributed by atoms with Gasteiger partial charge in [0.25, 0.3) is 5.56 Å². The highest BCUT2D eigenvalue weighted by Crippen LogP contribution is 2.74. The van der Waals surface area contributed by atoms with Crippen molar-refractivity contribution in [1.29, 1.82) is 0 Å². The summed E-state index contributed by atoms with van der Waals surface area (Å²) in [6, 6.07) is -0.784. The summed E-state index contributed by atoms with van der Waals surface area (Å²) in [5.41, 5.74) is 10.7. The number of aromatic nitrogens is 8. The number of anilines is 2. The highest BCUT2D eigenvalue weighted by molar-refractivity contribution is 8.55. The van der Waals surface area contributed by atoms with E-state index < -0.39 is 99.1 Å². The Labute approximate surface area is 326 Å². The van der Waals surface area contributed by atoms with Crippen LogP contribution in [0.4, 0.5) is 16.6 Å². The molecule has 6 heterocycles. The summed E-state index contributed by atoms with van der Waals surface area (Å²) < 4.78 is 85.4. The van der Waals surface area contributed by atoms with Gasteiger partial charge in [0.15, 0.2) is 34.8 Å². The van der Waals surface area contributed by atoms with Gasteiger partial charge in [-0.2, -0.15) is 4.98 Å². The molecule has 310 valence electrons. The lowest BCUT2D eigenvalue weighted by Crippen LogP contribution is -2.38. The van der Waals surface area contributed by atoms with E-state index in [4.69, 9.17) is 53.0 Å². The number of nitrogen functional groups attached to an aromatic ring is 2. The van der Waals surface area contributed by atoms with Gasteiger partial charge in [0.05, 0.1) is 44.6 Å². The van der Waals surface area contributed by atoms with Gasteiger partial charge in [0, 0.05) is 23.9 Å². The number of nitrogens with zero attached hydrogens (tertiary/aromatic N) is 7. The first-order valence-electron chi connectivity index (χ1n) is 17.7. The Kier molecular flexibility index (Phi) is 10.6. The van der Waals surface area contributed by atoms with Crippen LogP contribution < -0.4 is 17.0 Å². The van der Waals surface area contributed by atoms with Crippen molar-refractivity contribution >= 4 is 66.3 Å². The summed E-state index contributed by atoms with van der Waals surface area (Å²) >= 11 is 0.524. The maximum atomic E-state index is 14.9. The minimum Gasteiger partial charge on any atom is -0.432 e. The molecule has 1 unspecified atom stereocenters. The Balaban J connectivity index is 1.19. The zero-order valence-corrected chi connectivity index (χ0v) is 33.4. The van der Waals surface area contributed by atoms with Crippen molar-refractivity contribution in [3.63, 3.8) is 0 Å². The lowest BCUT2D eigenvalue weighted by atomic mass is 10.0. The number of aliphatic hydroxyl groups is 1. The summed E-state index contributed by atoms with van der Waals surface area (Å²) in [5.74, 6) is -1.08. The van der Waals surface area contributed by atoms with E-state index in [0.717, 1.165) is 0 Å². The number of fused-ring (bicyclic) bond motifs is 4. The number of nitrogens with two attached hydrogens (primary N) is 2. The number of aromatic amines is 1. The zero-order chi connectivity index (χ0) is 40.4. The fourth-order valence-electron chi connectivity index (χ4n) is 7.72. The molecule has 2 bridgehead atoms. The Morgan fingerprint density at radius 3 is 2.65 bits per heavy atom. The van der Waals surface area contributed by atoms with Crippen LogP contribution in [0, 0.1) is 11.3 Å². The molecule has 4 fully saturated rings. The summed E-state index contributed by atoms with van der Waals surface area (Å²) in [7, 11) is -3.23. The van der Waals surface area contributed by atoms with Crippen molar-refractivity contribution in [2.75, 3.05) is 44.3 Å². The summed E-state index contributed by atoms with van der Waals surface area (Å²) in [6.07, 6.45) is -4.78. The first-order chi connectivity index (χ1) is 27.2. The number of carbonyl (C=O) groups excluding carboxylic acids is 1. The quantitative estimate of drug-likeness (QED) is 0.107. The van der Waals surface area contributed by atoms with E-state index >= 15 is 0 Å². The molecule has 1 spiro atoms. The topological polar surface area (TPSA) is 314 Å². The molecule has 0 aromatic carbocycles. The Hall–Kier alpha value is -3.74. The number of H-pyrrole nitrogens is 1. The molecule has 2 saturated heterocycles. The first kappa shape index (κ1) is 40.1. The first-order valence-corrected chi connectivity index (χ1v) is 22.3. The Morgan fingerprint density at radius 2 is 1.89 bits per heavy atom. The lowest BCUT2D eigenvalue weighted by Gasteiger charge is -2.32. The van der Waals surface area contributed by atoms with E-state index in [0.29, 0.717) is 29.0 Å². The van der Waals surface area contributed by atoms with Gasteiger partial charge in [0.2, 0.25) is 5.95 Å². The number of hydrogen-bond donors (Lipinski definition) is 4. The number of carbonyl (C=O) groups is 1. The normalized spacial score (nSPS) is 35.3. The third-order valence-electron chi connectivity index (χ3n) is 10.2. The van der Waals surface area contributed by atoms with Crippen LogP contribution in [0.25, 0.3) is 22.3 Å². The number of aliphatic hydroxyl groups excluding tert-OH is 1. The van der Waals surface area contributed by atoms with E-state index in [9.17, 15) is 23.8 Å².